The van der Waals surface area contributed by atoms with E-state index in [9.17, 15) is 107 Å². The summed E-state index contributed by atoms with van der Waals surface area (Å²) >= 11 is 8.23. The molecule has 44 heteroatoms. The number of nitrogens with two attached hydrogens (primary N) is 3. The lowest BCUT2D eigenvalue weighted by Crippen LogP contribution is -2.61. The highest BCUT2D eigenvalue weighted by Gasteiger charge is 2.46. The van der Waals surface area contributed by atoms with E-state index in [1.165, 1.54) is 41.0 Å². The lowest BCUT2D eigenvalue weighted by Gasteiger charge is -2.34. The maximum Gasteiger partial charge on any atom is 0.305 e. The normalized spacial score (nSPS) is 22.9. The first-order chi connectivity index (χ1) is 52.4. The number of likely N-dealkylation sites (tertiary alicyclic amines) is 1. The van der Waals surface area contributed by atoms with E-state index in [0.717, 1.165) is 26.5 Å². The number of fused-ring (bicyclic) bond motifs is 2. The number of rotatable bonds is 32. The van der Waals surface area contributed by atoms with Crippen molar-refractivity contribution in [2.24, 2.45) is 29.0 Å². The molecule has 4 unspecified atom stereocenters. The molecule has 40 nitrogen and oxygen atoms in total. The third-order valence-electron chi connectivity index (χ3n) is 18.3. The van der Waals surface area contributed by atoms with Crippen molar-refractivity contribution in [1.29, 1.82) is 0 Å². The van der Waals surface area contributed by atoms with Gasteiger partial charge in [-0.15, -0.1) is 0 Å². The number of nitrogens with one attached hydrogen (secondary N) is 12. The number of carbonyl (C=O) groups is 18. The first-order valence-electron chi connectivity index (χ1n) is 36.0. The SMILES string of the molecule is CC(C)CC1NC(=O)[C@H](CO)NC(=O)C(CS)NC(=O)C(NC(=O)CN)CSSCC(C(=O)N[C@@H](C)C(=O)N[C@@H](CC(C)C)C(=O)N[C@@H](CO)C(=O)N[C@@H](CC(N)=O)C(=O)N2CCC[C@H]2C(=O)N[C@@H](CC(=O)O)C(=O)N[C@@H](Cc2ccc(O)cc2)C(=O)N[C@@H](CS)C(N)=O)NC(=O)[C@@H]2CCCN2C(=O)[C@@H]2CCCN2C1=O. The summed E-state index contributed by atoms with van der Waals surface area (Å²) in [6.07, 6.45) is -1.45. The lowest BCUT2D eigenvalue weighted by molar-refractivity contribution is -0.148. The highest BCUT2D eigenvalue weighted by molar-refractivity contribution is 8.76. The quantitative estimate of drug-likeness (QED) is 0.0235. The second-order valence-electron chi connectivity index (χ2n) is 27.8. The van der Waals surface area contributed by atoms with Crippen molar-refractivity contribution in [1.82, 2.24) is 78.5 Å². The number of hydrogen-bond donors (Lipinski definition) is 21. The van der Waals surface area contributed by atoms with Gasteiger partial charge in [-0.05, 0) is 87.8 Å². The minimum absolute atomic E-state index is 0.0535. The monoisotopic (exact) mass is 1640 g/mol. The molecule has 0 spiro atoms. The van der Waals surface area contributed by atoms with Crippen LogP contribution in [0.15, 0.2) is 24.3 Å². The third kappa shape index (κ3) is 27.9. The molecule has 5 rings (SSSR count). The van der Waals surface area contributed by atoms with Crippen LogP contribution < -0.4 is 81.0 Å². The van der Waals surface area contributed by atoms with Crippen molar-refractivity contribution in [3.8, 4) is 5.75 Å². The first-order valence-corrected chi connectivity index (χ1v) is 39.7. The number of hydrogen-bond acceptors (Lipinski definition) is 26. The summed E-state index contributed by atoms with van der Waals surface area (Å²) in [5.74, 6) is -20.2. The number of carboxylic acid groups (broad SMARTS) is 1. The van der Waals surface area contributed by atoms with Crippen LogP contribution in [0.5, 0.6) is 5.75 Å². The van der Waals surface area contributed by atoms with E-state index in [-0.39, 0.29) is 99.3 Å². The minimum atomic E-state index is -1.94. The number of phenolic OH excluding ortho intramolecular Hbond substituents is 1. The van der Waals surface area contributed by atoms with E-state index in [2.05, 4.69) is 89.1 Å². The molecule has 22 N–H and O–H groups in total. The predicted octanol–water partition coefficient (Wildman–Crippen LogP) is -8.13. The van der Waals surface area contributed by atoms with Crippen molar-refractivity contribution < 1.29 is 107 Å². The fourth-order valence-electron chi connectivity index (χ4n) is 12.5. The number of aliphatic hydroxyl groups excluding tert-OH is 2. The smallest absolute Gasteiger partial charge is 0.305 e. The molecule has 0 saturated carbocycles. The van der Waals surface area contributed by atoms with E-state index in [1.54, 1.807) is 27.7 Å². The van der Waals surface area contributed by atoms with Crippen LogP contribution in [0.2, 0.25) is 0 Å². The maximum atomic E-state index is 14.6. The number of nitrogens with zero attached hydrogens (tertiary/aromatic N) is 3. The Morgan fingerprint density at radius 1 is 0.577 bits per heavy atom. The fourth-order valence-corrected chi connectivity index (χ4v) is 15.4. The van der Waals surface area contributed by atoms with Crippen LogP contribution in [0.4, 0.5) is 0 Å². The van der Waals surface area contributed by atoms with Gasteiger partial charge >= 0.3 is 5.97 Å². The number of aliphatic carboxylic acids is 1. The van der Waals surface area contributed by atoms with Gasteiger partial charge in [0.05, 0.1) is 32.6 Å². The Balaban J connectivity index is 1.34. The topological polar surface area (TPSA) is 620 Å². The summed E-state index contributed by atoms with van der Waals surface area (Å²) in [4.78, 5) is 251. The molecular formula is C67H102N18O22S4. The van der Waals surface area contributed by atoms with Gasteiger partial charge in [0, 0.05) is 49.1 Å². The molecular weight excluding hydrogens is 1540 g/mol. The molecule has 616 valence electrons. The van der Waals surface area contributed by atoms with E-state index in [0.29, 0.717) is 18.4 Å². The summed E-state index contributed by atoms with van der Waals surface area (Å²) in [6.45, 7) is 5.34. The van der Waals surface area contributed by atoms with Crippen LogP contribution in [-0.4, -0.2) is 295 Å². The zero-order valence-corrected chi connectivity index (χ0v) is 65.3. The number of carbonyl (C=O) groups excluding carboxylic acids is 17. The fraction of sp³-hybridized carbons (Fsp3) is 0.642. The number of phenols is 1. The molecule has 1 aromatic rings. The van der Waals surface area contributed by atoms with Crippen LogP contribution in [0.3, 0.4) is 0 Å². The van der Waals surface area contributed by atoms with Gasteiger partial charge in [0.15, 0.2) is 0 Å². The first kappa shape index (κ1) is 92.4. The molecule has 0 bridgehead atoms. The molecule has 0 radical (unpaired) electrons. The number of benzene rings is 1. The van der Waals surface area contributed by atoms with Gasteiger partial charge in [-0.25, -0.2) is 0 Å². The zero-order chi connectivity index (χ0) is 82.7. The summed E-state index contributed by atoms with van der Waals surface area (Å²) in [5, 5.41) is 69.7. The second kappa shape index (κ2) is 44.7. The maximum absolute atomic E-state index is 14.6. The standard InChI is InChI=1S/C67H102N18O22S4/c1-31(2)19-36(55(95)78-41(25-86)59(99)77-40(22-50(69)89)66(106)83-16-6-9-47(83)63(103)75-38(23-52(91)92)57(97)74-37(21-34-12-14-35(88)15-13-34)56(96)80-43(27-108)53(70)93)73-54(94)33(5)71-61(101)46-30-111-110-29-45(72-51(90)24-68)62(102)81-44(28-109)60(100)79-42(26-87)58(98)76-39(20-32(3)4)65(105)85-18-8-11-49(85)67(107)84-17-7-10-48(84)64(104)82-46/h12-15,31-33,36-49,86-88,108-109H,6-11,16-30,68H2,1-5H3,(H2,69,89)(H2,70,93)(H,71,101)(H,72,90)(H,73,94)(H,74,97)(H,75,103)(H,76,98)(H,77,99)(H,78,95)(H,79,100)(H,80,96)(H,81,102)(H,82,104)(H,91,92)/t33-,36-,37-,38-,39?,40-,41-,42-,43-,44?,45?,46?,47-,48-,49-/m0/s1. The van der Waals surface area contributed by atoms with Crippen LogP contribution in [-0.2, 0) is 92.7 Å². The molecule has 1 aromatic carbocycles. The highest BCUT2D eigenvalue weighted by Crippen LogP contribution is 2.29. The minimum Gasteiger partial charge on any atom is -0.508 e. The van der Waals surface area contributed by atoms with Gasteiger partial charge in [0.25, 0.3) is 0 Å². The second-order valence-corrected chi connectivity index (χ2v) is 31.1. The van der Waals surface area contributed by atoms with Crippen molar-refractivity contribution >= 4 is 153 Å². The molecule has 15 atom stereocenters. The van der Waals surface area contributed by atoms with E-state index in [4.69, 9.17) is 17.2 Å². The Labute approximate surface area is 658 Å². The average molecular weight is 1640 g/mol. The molecule has 0 aromatic heterocycles. The van der Waals surface area contributed by atoms with Crippen LogP contribution >= 0.6 is 46.8 Å². The molecule has 17 amide bonds. The average Bonchev–Trinajstić information content (AvgIpc) is 1.69. The number of primary amides is 2. The number of carboxylic acids is 1. The Morgan fingerprint density at radius 3 is 1.71 bits per heavy atom. The van der Waals surface area contributed by atoms with Crippen LogP contribution in [0, 0.1) is 11.8 Å². The van der Waals surface area contributed by atoms with Crippen LogP contribution in [0.1, 0.15) is 104 Å². The molecule has 4 heterocycles. The lowest BCUT2D eigenvalue weighted by atomic mass is 10.0. The van der Waals surface area contributed by atoms with Gasteiger partial charge in [-0.3, -0.25) is 86.3 Å². The van der Waals surface area contributed by atoms with Crippen molar-refractivity contribution in [3.05, 3.63) is 29.8 Å². The van der Waals surface area contributed by atoms with Crippen molar-refractivity contribution in [3.63, 3.8) is 0 Å². The highest BCUT2D eigenvalue weighted by atomic mass is 33.1. The van der Waals surface area contributed by atoms with E-state index < -0.39 is 236 Å². The molecule has 4 saturated heterocycles. The zero-order valence-electron chi connectivity index (χ0n) is 61.9. The Morgan fingerprint density at radius 2 is 1.13 bits per heavy atom. The van der Waals surface area contributed by atoms with Gasteiger partial charge < -0.3 is 116 Å². The number of thiol groups is 2. The van der Waals surface area contributed by atoms with Gasteiger partial charge in [0.1, 0.15) is 96.4 Å². The van der Waals surface area contributed by atoms with Crippen molar-refractivity contribution in [2.75, 3.05) is 62.4 Å². The molecule has 111 heavy (non-hydrogen) atoms. The van der Waals surface area contributed by atoms with Gasteiger partial charge in [-0.2, -0.15) is 25.3 Å². The Kier molecular flexibility index (Phi) is 37.2. The Bertz CT molecular complexity index is 3570. The predicted molar refractivity (Wildman–Crippen MR) is 405 cm³/mol. The van der Waals surface area contributed by atoms with Crippen molar-refractivity contribution in [2.45, 2.75) is 196 Å². The Hall–Kier alpha value is -9.24. The summed E-state index contributed by atoms with van der Waals surface area (Å²) < 4.78 is 0. The molecule has 4 fully saturated rings. The summed E-state index contributed by atoms with van der Waals surface area (Å²) in [7, 11) is 1.81. The van der Waals surface area contributed by atoms with Gasteiger partial charge in [0.2, 0.25) is 100 Å². The van der Waals surface area contributed by atoms with E-state index >= 15 is 0 Å². The number of amides is 17. The van der Waals surface area contributed by atoms with E-state index in [1.807, 2.05) is 0 Å². The molecule has 4 aliphatic rings. The third-order valence-corrected chi connectivity index (χ3v) is 21.4. The number of aromatic hydroxyl groups is 1. The largest absolute Gasteiger partial charge is 0.508 e. The number of aliphatic hydroxyl groups is 2. The summed E-state index contributed by atoms with van der Waals surface area (Å²) in [5.41, 5.74) is 16.9. The van der Waals surface area contributed by atoms with Gasteiger partial charge in [-0.1, -0.05) is 61.4 Å². The molecule has 4 aliphatic heterocycles. The summed E-state index contributed by atoms with van der Waals surface area (Å²) in [6, 6.07) is -17.5. The van der Waals surface area contributed by atoms with Crippen LogP contribution in [0.25, 0.3) is 0 Å². The molecule has 0 aliphatic carbocycles.